The second-order valence-corrected chi connectivity index (χ2v) is 6.77. The van der Waals surface area contributed by atoms with Gasteiger partial charge >= 0.3 is 0 Å². The standard InChI is InChI=1S/C20H21N3O4/c1-13-4-3-5-18(14(13)2)22-12-16(10-19(22)24)20(25)21-11-15-6-8-17(9-7-15)23(26)27/h3-9,16H,10-12H2,1-2H3,(H,21,25). The molecule has 0 saturated carbocycles. The predicted octanol–water partition coefficient (Wildman–Crippen LogP) is 2.88. The van der Waals surface area contributed by atoms with Crippen LogP contribution in [0.5, 0.6) is 0 Å². The van der Waals surface area contributed by atoms with Crippen LogP contribution in [0.4, 0.5) is 11.4 Å². The van der Waals surface area contributed by atoms with Crippen molar-refractivity contribution < 1.29 is 14.5 Å². The number of benzene rings is 2. The van der Waals surface area contributed by atoms with Crippen molar-refractivity contribution in [2.45, 2.75) is 26.8 Å². The van der Waals surface area contributed by atoms with E-state index in [-0.39, 0.29) is 30.5 Å². The average molecular weight is 367 g/mol. The van der Waals surface area contributed by atoms with Crippen LogP contribution >= 0.6 is 0 Å². The molecule has 1 N–H and O–H groups in total. The van der Waals surface area contributed by atoms with Crippen molar-refractivity contribution in [1.29, 1.82) is 0 Å². The van der Waals surface area contributed by atoms with E-state index in [2.05, 4.69) is 5.32 Å². The molecule has 1 heterocycles. The molecule has 7 heteroatoms. The number of nitrogens with zero attached hydrogens (tertiary/aromatic N) is 2. The average Bonchev–Trinajstić information content (AvgIpc) is 3.04. The number of hydrogen-bond acceptors (Lipinski definition) is 4. The normalized spacial score (nSPS) is 16.4. The van der Waals surface area contributed by atoms with Crippen molar-refractivity contribution in [3.05, 3.63) is 69.3 Å². The summed E-state index contributed by atoms with van der Waals surface area (Å²) in [6.07, 6.45) is 0.180. The summed E-state index contributed by atoms with van der Waals surface area (Å²) < 4.78 is 0. The molecule has 0 spiro atoms. The summed E-state index contributed by atoms with van der Waals surface area (Å²) in [5, 5.41) is 13.5. The van der Waals surface area contributed by atoms with Gasteiger partial charge in [0, 0.05) is 37.3 Å². The monoisotopic (exact) mass is 367 g/mol. The Morgan fingerprint density at radius 2 is 1.93 bits per heavy atom. The molecule has 0 aromatic heterocycles. The number of amides is 2. The molecule has 0 bridgehead atoms. The number of nitrogens with one attached hydrogen (secondary N) is 1. The van der Waals surface area contributed by atoms with Gasteiger partial charge in [0.2, 0.25) is 11.8 Å². The van der Waals surface area contributed by atoms with Crippen LogP contribution in [0.1, 0.15) is 23.1 Å². The van der Waals surface area contributed by atoms with Gasteiger partial charge < -0.3 is 10.2 Å². The molecule has 2 amide bonds. The number of anilines is 1. The van der Waals surface area contributed by atoms with Gasteiger partial charge in [-0.1, -0.05) is 24.3 Å². The molecule has 0 aliphatic carbocycles. The van der Waals surface area contributed by atoms with Crippen LogP contribution < -0.4 is 10.2 Å². The fourth-order valence-corrected chi connectivity index (χ4v) is 3.21. The molecule has 1 atom stereocenters. The van der Waals surface area contributed by atoms with E-state index < -0.39 is 10.8 Å². The van der Waals surface area contributed by atoms with Gasteiger partial charge in [0.25, 0.3) is 5.69 Å². The molecule has 2 aromatic carbocycles. The zero-order chi connectivity index (χ0) is 19.6. The molecule has 1 unspecified atom stereocenters. The third kappa shape index (κ3) is 3.97. The van der Waals surface area contributed by atoms with Gasteiger partial charge in [0.05, 0.1) is 10.8 Å². The maximum Gasteiger partial charge on any atom is 0.269 e. The van der Waals surface area contributed by atoms with E-state index in [4.69, 9.17) is 0 Å². The molecular weight excluding hydrogens is 346 g/mol. The van der Waals surface area contributed by atoms with E-state index in [1.54, 1.807) is 17.0 Å². The van der Waals surface area contributed by atoms with E-state index in [9.17, 15) is 19.7 Å². The second kappa shape index (κ2) is 7.57. The molecule has 27 heavy (non-hydrogen) atoms. The number of non-ortho nitro benzene ring substituents is 1. The molecule has 140 valence electrons. The van der Waals surface area contributed by atoms with Crippen LogP contribution in [-0.2, 0) is 16.1 Å². The first-order chi connectivity index (χ1) is 12.9. The van der Waals surface area contributed by atoms with E-state index in [1.807, 2.05) is 32.0 Å². The summed E-state index contributed by atoms with van der Waals surface area (Å²) >= 11 is 0. The molecule has 7 nitrogen and oxygen atoms in total. The van der Waals surface area contributed by atoms with Gasteiger partial charge in [-0.15, -0.1) is 0 Å². The highest BCUT2D eigenvalue weighted by Crippen LogP contribution is 2.29. The largest absolute Gasteiger partial charge is 0.352 e. The molecule has 1 fully saturated rings. The summed E-state index contributed by atoms with van der Waals surface area (Å²) in [5.74, 6) is -0.649. The number of aryl methyl sites for hydroxylation is 1. The van der Waals surface area contributed by atoms with Crippen molar-refractivity contribution in [1.82, 2.24) is 5.32 Å². The van der Waals surface area contributed by atoms with Crippen molar-refractivity contribution >= 4 is 23.2 Å². The van der Waals surface area contributed by atoms with Crippen molar-refractivity contribution in [2.75, 3.05) is 11.4 Å². The Hall–Kier alpha value is -3.22. The van der Waals surface area contributed by atoms with Gasteiger partial charge in [0.15, 0.2) is 0 Å². The lowest BCUT2D eigenvalue weighted by Crippen LogP contribution is -2.32. The predicted molar refractivity (Wildman–Crippen MR) is 101 cm³/mol. The van der Waals surface area contributed by atoms with Gasteiger partial charge in [-0.05, 0) is 36.6 Å². The molecule has 3 rings (SSSR count). The Balaban J connectivity index is 1.62. The van der Waals surface area contributed by atoms with Crippen LogP contribution in [0, 0.1) is 29.9 Å². The summed E-state index contributed by atoms with van der Waals surface area (Å²) in [6, 6.07) is 11.8. The summed E-state index contributed by atoms with van der Waals surface area (Å²) in [6.45, 7) is 4.59. The van der Waals surface area contributed by atoms with Crippen LogP contribution in [0.3, 0.4) is 0 Å². The minimum absolute atomic E-state index is 0.00984. The second-order valence-electron chi connectivity index (χ2n) is 6.77. The lowest BCUT2D eigenvalue weighted by Gasteiger charge is -2.20. The Morgan fingerprint density at radius 1 is 1.22 bits per heavy atom. The third-order valence-corrected chi connectivity index (χ3v) is 4.98. The minimum atomic E-state index is -0.464. The van der Waals surface area contributed by atoms with Crippen LogP contribution in [0.25, 0.3) is 0 Å². The Kier molecular flexibility index (Phi) is 5.21. The summed E-state index contributed by atoms with van der Waals surface area (Å²) in [7, 11) is 0. The number of rotatable bonds is 5. The first kappa shape index (κ1) is 18.6. The summed E-state index contributed by atoms with van der Waals surface area (Å²) in [5.41, 5.74) is 3.77. The zero-order valence-corrected chi connectivity index (χ0v) is 15.3. The Labute approximate surface area is 157 Å². The van der Waals surface area contributed by atoms with Gasteiger partial charge in [-0.3, -0.25) is 19.7 Å². The highest BCUT2D eigenvalue weighted by atomic mass is 16.6. The smallest absolute Gasteiger partial charge is 0.269 e. The molecule has 0 radical (unpaired) electrons. The van der Waals surface area contributed by atoms with Gasteiger partial charge in [0.1, 0.15) is 0 Å². The topological polar surface area (TPSA) is 92.6 Å². The lowest BCUT2D eigenvalue weighted by atomic mass is 10.1. The fraction of sp³-hybridized carbons (Fsp3) is 0.300. The van der Waals surface area contributed by atoms with E-state index in [0.29, 0.717) is 6.54 Å². The van der Waals surface area contributed by atoms with Gasteiger partial charge in [-0.2, -0.15) is 0 Å². The van der Waals surface area contributed by atoms with Crippen LogP contribution in [-0.4, -0.2) is 23.3 Å². The number of carbonyl (C=O) groups excluding carboxylic acids is 2. The van der Waals surface area contributed by atoms with E-state index >= 15 is 0 Å². The zero-order valence-electron chi connectivity index (χ0n) is 15.3. The number of nitro groups is 1. The molecular formula is C20H21N3O4. The van der Waals surface area contributed by atoms with E-state index in [1.165, 1.54) is 12.1 Å². The molecule has 1 aliphatic heterocycles. The number of hydrogen-bond donors (Lipinski definition) is 1. The molecule has 1 saturated heterocycles. The van der Waals surface area contributed by atoms with Crippen molar-refractivity contribution in [3.8, 4) is 0 Å². The first-order valence-corrected chi connectivity index (χ1v) is 8.74. The highest BCUT2D eigenvalue weighted by Gasteiger charge is 2.35. The molecule has 2 aromatic rings. The number of nitro benzene ring substituents is 1. The molecule has 1 aliphatic rings. The SMILES string of the molecule is Cc1cccc(N2CC(C(=O)NCc3ccc([N+](=O)[O-])cc3)CC2=O)c1C. The quantitative estimate of drug-likeness (QED) is 0.650. The van der Waals surface area contributed by atoms with Crippen molar-refractivity contribution in [3.63, 3.8) is 0 Å². The minimum Gasteiger partial charge on any atom is -0.352 e. The Bertz CT molecular complexity index is 893. The van der Waals surface area contributed by atoms with Crippen molar-refractivity contribution in [2.24, 2.45) is 5.92 Å². The van der Waals surface area contributed by atoms with Gasteiger partial charge in [-0.25, -0.2) is 0 Å². The maximum atomic E-state index is 12.5. The van der Waals surface area contributed by atoms with E-state index in [0.717, 1.165) is 22.4 Å². The Morgan fingerprint density at radius 3 is 2.59 bits per heavy atom. The number of carbonyl (C=O) groups is 2. The lowest BCUT2D eigenvalue weighted by molar-refractivity contribution is -0.384. The van der Waals surface area contributed by atoms with Crippen LogP contribution in [0.15, 0.2) is 42.5 Å². The highest BCUT2D eigenvalue weighted by molar-refractivity contribution is 6.00. The summed E-state index contributed by atoms with van der Waals surface area (Å²) in [4.78, 5) is 36.8. The fourth-order valence-electron chi connectivity index (χ4n) is 3.21. The third-order valence-electron chi connectivity index (χ3n) is 4.98. The first-order valence-electron chi connectivity index (χ1n) is 8.74. The maximum absolute atomic E-state index is 12.5. The van der Waals surface area contributed by atoms with Crippen LogP contribution in [0.2, 0.25) is 0 Å².